The molecule has 0 fully saturated rings. The fourth-order valence-electron chi connectivity index (χ4n) is 8.44. The minimum atomic E-state index is -0.110. The highest BCUT2D eigenvalue weighted by Crippen LogP contribution is 2.56. The minimum absolute atomic E-state index is 0.110. The van der Waals surface area contributed by atoms with E-state index in [0.717, 1.165) is 36.1 Å². The molecule has 2 atom stereocenters. The number of nitrogens with zero attached hydrogens (tertiary/aromatic N) is 4. The van der Waals surface area contributed by atoms with E-state index in [-0.39, 0.29) is 5.41 Å². The highest BCUT2D eigenvalue weighted by molar-refractivity contribution is 5.87. The highest BCUT2D eigenvalue weighted by Gasteiger charge is 2.43. The largest absolute Gasteiger partial charge is 0.310 e. The molecule has 1 aliphatic carbocycles. The monoisotopic (exact) mass is 692 g/mol. The van der Waals surface area contributed by atoms with Gasteiger partial charge in [-0.15, -0.1) is 0 Å². The van der Waals surface area contributed by atoms with Crippen LogP contribution < -0.4 is 4.90 Å². The Balaban J connectivity index is 1.47. The Morgan fingerprint density at radius 1 is 0.519 bits per heavy atom. The average Bonchev–Trinajstić information content (AvgIpc) is 3.42. The van der Waals surface area contributed by atoms with Gasteiger partial charge in [-0.3, -0.25) is 0 Å². The summed E-state index contributed by atoms with van der Waals surface area (Å²) >= 11 is 0. The first-order valence-corrected chi connectivity index (χ1v) is 20.1. The van der Waals surface area contributed by atoms with E-state index in [2.05, 4.69) is 158 Å². The lowest BCUT2D eigenvalue weighted by molar-refractivity contribution is 0.327. The van der Waals surface area contributed by atoms with Crippen molar-refractivity contribution in [3.05, 3.63) is 121 Å². The van der Waals surface area contributed by atoms with Gasteiger partial charge in [0.25, 0.3) is 0 Å². The number of fused-ring (bicyclic) bond motifs is 3. The summed E-state index contributed by atoms with van der Waals surface area (Å²) in [5.41, 5.74) is 10.2. The zero-order valence-corrected chi connectivity index (χ0v) is 32.6. The van der Waals surface area contributed by atoms with Crippen molar-refractivity contribution in [3.63, 3.8) is 0 Å². The maximum absolute atomic E-state index is 4.59. The lowest BCUT2D eigenvalue weighted by atomic mass is 9.68. The Labute approximate surface area is 314 Å². The second-order valence-electron chi connectivity index (χ2n) is 16.5. The third-order valence-corrected chi connectivity index (χ3v) is 11.5. The second-order valence-corrected chi connectivity index (χ2v) is 16.5. The molecule has 0 spiro atoms. The Morgan fingerprint density at radius 2 is 1.02 bits per heavy atom. The van der Waals surface area contributed by atoms with Gasteiger partial charge in [-0.2, -0.15) is 0 Å². The maximum atomic E-state index is 4.59. The van der Waals surface area contributed by atoms with Crippen LogP contribution in [0, 0.1) is 23.7 Å². The van der Waals surface area contributed by atoms with Crippen molar-refractivity contribution in [2.45, 2.75) is 111 Å². The summed E-state index contributed by atoms with van der Waals surface area (Å²) in [5, 5.41) is 0. The molecular weight excluding hydrogens is 633 g/mol. The van der Waals surface area contributed by atoms with Gasteiger partial charge >= 0.3 is 0 Å². The maximum Gasteiger partial charge on any atom is 0.162 e. The van der Waals surface area contributed by atoms with Gasteiger partial charge in [-0.05, 0) is 114 Å². The van der Waals surface area contributed by atoms with Gasteiger partial charge in [-0.1, -0.05) is 135 Å². The Kier molecular flexibility index (Phi) is 12.6. The molecule has 2 unspecified atom stereocenters. The van der Waals surface area contributed by atoms with Crippen molar-refractivity contribution >= 4 is 17.1 Å². The first-order valence-electron chi connectivity index (χ1n) is 20.1. The normalized spacial score (nSPS) is 16.2. The van der Waals surface area contributed by atoms with Gasteiger partial charge in [-0.25, -0.2) is 15.0 Å². The first kappa shape index (κ1) is 37.4. The summed E-state index contributed by atoms with van der Waals surface area (Å²) in [6.45, 7) is 14.4. The molecule has 4 heteroatoms. The van der Waals surface area contributed by atoms with E-state index >= 15 is 0 Å². The Morgan fingerprint density at radius 3 is 1.54 bits per heavy atom. The van der Waals surface area contributed by atoms with E-state index in [1.165, 1.54) is 90.7 Å². The molecule has 0 saturated heterocycles. The topological polar surface area (TPSA) is 41.9 Å². The van der Waals surface area contributed by atoms with Crippen molar-refractivity contribution in [3.8, 4) is 22.5 Å². The lowest BCUT2D eigenvalue weighted by Crippen LogP contribution is -2.27. The van der Waals surface area contributed by atoms with Crippen LogP contribution in [0.1, 0.15) is 117 Å². The molecule has 6 rings (SSSR count). The molecule has 52 heavy (non-hydrogen) atoms. The molecule has 0 bridgehead atoms. The average molecular weight is 693 g/mol. The third kappa shape index (κ3) is 8.82. The fourth-order valence-corrected chi connectivity index (χ4v) is 8.44. The predicted octanol–water partition coefficient (Wildman–Crippen LogP) is 13.8. The smallest absolute Gasteiger partial charge is 0.162 e. The summed E-state index contributed by atoms with van der Waals surface area (Å²) in [4.78, 5) is 15.7. The number of hydrogen-bond donors (Lipinski definition) is 0. The van der Waals surface area contributed by atoms with Crippen molar-refractivity contribution in [2.75, 3.05) is 4.90 Å². The first-order chi connectivity index (χ1) is 25.2. The molecule has 0 radical (unpaired) electrons. The summed E-state index contributed by atoms with van der Waals surface area (Å²) in [6.07, 6.45) is 15.7. The number of rotatable bonds is 18. The van der Waals surface area contributed by atoms with Crippen molar-refractivity contribution < 1.29 is 0 Å². The molecule has 272 valence electrons. The van der Waals surface area contributed by atoms with Gasteiger partial charge in [0.1, 0.15) is 12.7 Å². The van der Waals surface area contributed by atoms with Crippen LogP contribution in [-0.2, 0) is 5.41 Å². The van der Waals surface area contributed by atoms with E-state index in [9.17, 15) is 0 Å². The SMILES string of the molecule is CC(C)CCCC(C)CCC1(CCC(C)CCCC(C)C)c2cc(-c3ncncn3)ccc2-c2ccc(N(c3ccccc3)c3ccccc3)cc21. The summed E-state index contributed by atoms with van der Waals surface area (Å²) < 4.78 is 0. The zero-order chi connectivity index (χ0) is 36.5. The van der Waals surface area contributed by atoms with E-state index in [4.69, 9.17) is 0 Å². The summed E-state index contributed by atoms with van der Waals surface area (Å²) in [6, 6.07) is 35.9. The molecule has 0 amide bonds. The van der Waals surface area contributed by atoms with Crippen LogP contribution in [0.5, 0.6) is 0 Å². The van der Waals surface area contributed by atoms with Gasteiger partial charge in [0, 0.05) is 28.0 Å². The molecule has 4 nitrogen and oxygen atoms in total. The number of hydrogen-bond acceptors (Lipinski definition) is 4. The lowest BCUT2D eigenvalue weighted by Gasteiger charge is -2.36. The van der Waals surface area contributed by atoms with Crippen molar-refractivity contribution in [1.82, 2.24) is 15.0 Å². The molecule has 1 aliphatic rings. The van der Waals surface area contributed by atoms with Crippen LogP contribution in [0.25, 0.3) is 22.5 Å². The number of para-hydroxylation sites is 2. The fraction of sp³-hybridized carbons (Fsp3) is 0.438. The van der Waals surface area contributed by atoms with E-state index < -0.39 is 0 Å². The molecule has 5 aromatic rings. The molecule has 4 aromatic carbocycles. The second kappa shape index (κ2) is 17.5. The molecular formula is C48H60N4. The van der Waals surface area contributed by atoms with Crippen LogP contribution in [0.3, 0.4) is 0 Å². The van der Waals surface area contributed by atoms with Crippen LogP contribution in [-0.4, -0.2) is 15.0 Å². The van der Waals surface area contributed by atoms with Crippen molar-refractivity contribution in [2.24, 2.45) is 23.7 Å². The van der Waals surface area contributed by atoms with E-state index in [1.54, 1.807) is 12.7 Å². The molecule has 1 aromatic heterocycles. The van der Waals surface area contributed by atoms with Crippen LogP contribution in [0.2, 0.25) is 0 Å². The summed E-state index contributed by atoms with van der Waals surface area (Å²) in [7, 11) is 0. The number of aromatic nitrogens is 3. The van der Waals surface area contributed by atoms with Crippen LogP contribution in [0.15, 0.2) is 110 Å². The van der Waals surface area contributed by atoms with E-state index in [0.29, 0.717) is 11.8 Å². The van der Waals surface area contributed by atoms with Crippen LogP contribution >= 0.6 is 0 Å². The number of anilines is 3. The van der Waals surface area contributed by atoms with Crippen molar-refractivity contribution in [1.29, 1.82) is 0 Å². The molecule has 0 aliphatic heterocycles. The third-order valence-electron chi connectivity index (χ3n) is 11.5. The van der Waals surface area contributed by atoms with Gasteiger partial charge in [0.05, 0.1) is 0 Å². The predicted molar refractivity (Wildman–Crippen MR) is 220 cm³/mol. The molecule has 1 heterocycles. The minimum Gasteiger partial charge on any atom is -0.310 e. The highest BCUT2D eigenvalue weighted by atomic mass is 15.1. The Bertz CT molecular complexity index is 1770. The standard InChI is InChI=1S/C48H60N4/c1-35(2)15-13-17-37(5)27-29-48(30-28-38(6)18-14-16-36(3)4)45-31-39(47-50-33-49-34-51-47)23-25-43(45)44-26-24-42(32-46(44)48)52(40-19-9-7-10-20-40)41-21-11-8-12-22-41/h7-12,19-26,31-38H,13-18,27-30H2,1-6H3. The quantitative estimate of drug-likeness (QED) is 0.0916. The van der Waals surface area contributed by atoms with Gasteiger partial charge < -0.3 is 4.90 Å². The van der Waals surface area contributed by atoms with Gasteiger partial charge in [0.15, 0.2) is 5.82 Å². The van der Waals surface area contributed by atoms with E-state index in [1.807, 2.05) is 0 Å². The van der Waals surface area contributed by atoms with Gasteiger partial charge in [0.2, 0.25) is 0 Å². The van der Waals surface area contributed by atoms with Crippen LogP contribution in [0.4, 0.5) is 17.1 Å². The zero-order valence-electron chi connectivity index (χ0n) is 32.6. The number of benzene rings is 4. The Hall–Kier alpha value is -4.31. The molecule has 0 saturated carbocycles. The molecule has 0 N–H and O–H groups in total. The summed E-state index contributed by atoms with van der Waals surface area (Å²) in [5.74, 6) is 3.60.